The number of hydrogen-bond acceptors (Lipinski definition) is 6. The molecule has 0 saturated carbocycles. The van der Waals surface area contributed by atoms with E-state index in [1.807, 2.05) is 31.2 Å². The van der Waals surface area contributed by atoms with Gasteiger partial charge in [0.05, 0.1) is 6.61 Å². The van der Waals surface area contributed by atoms with E-state index in [2.05, 4.69) is 36.1 Å². The molecular weight excluding hydrogens is 372 g/mol. The van der Waals surface area contributed by atoms with Gasteiger partial charge in [-0.2, -0.15) is 0 Å². The number of nitrogens with one attached hydrogen (secondary N) is 1. The standard InChI is InChI=1S/C21H30N4O2S/c1-6-12-25(4)19-15(2)16(3)23-21(24-19)28-14-17-7-9-18(10-8-17)20(26)22-11-13-27-5/h7-10H,6,11-14H2,1-5H3,(H,22,26). The fourth-order valence-corrected chi connectivity index (χ4v) is 3.58. The number of benzene rings is 1. The van der Waals surface area contributed by atoms with E-state index in [1.54, 1.807) is 18.9 Å². The molecule has 0 aliphatic rings. The molecule has 0 aliphatic heterocycles. The minimum Gasteiger partial charge on any atom is -0.383 e. The number of thioether (sulfide) groups is 1. The second kappa shape index (κ2) is 11.0. The molecule has 6 nitrogen and oxygen atoms in total. The van der Waals surface area contributed by atoms with E-state index in [0.717, 1.165) is 46.5 Å². The Morgan fingerprint density at radius 3 is 2.57 bits per heavy atom. The first-order valence-electron chi connectivity index (χ1n) is 9.51. The van der Waals surface area contributed by atoms with Crippen molar-refractivity contribution >= 4 is 23.5 Å². The van der Waals surface area contributed by atoms with Gasteiger partial charge in [-0.05, 0) is 38.0 Å². The van der Waals surface area contributed by atoms with Gasteiger partial charge in [-0.1, -0.05) is 30.8 Å². The Balaban J connectivity index is 2.01. The lowest BCUT2D eigenvalue weighted by molar-refractivity contribution is 0.0937. The lowest BCUT2D eigenvalue weighted by Gasteiger charge is -2.20. The monoisotopic (exact) mass is 402 g/mol. The fraction of sp³-hybridized carbons (Fsp3) is 0.476. The minimum absolute atomic E-state index is 0.0858. The molecule has 2 rings (SSSR count). The number of anilines is 1. The van der Waals surface area contributed by atoms with E-state index in [4.69, 9.17) is 9.72 Å². The summed E-state index contributed by atoms with van der Waals surface area (Å²) >= 11 is 1.61. The van der Waals surface area contributed by atoms with E-state index in [9.17, 15) is 4.79 Å². The van der Waals surface area contributed by atoms with Gasteiger partial charge < -0.3 is 15.0 Å². The highest BCUT2D eigenvalue weighted by molar-refractivity contribution is 7.98. The molecule has 0 aliphatic carbocycles. The summed E-state index contributed by atoms with van der Waals surface area (Å²) in [5, 5.41) is 3.60. The lowest BCUT2D eigenvalue weighted by Crippen LogP contribution is -2.26. The zero-order valence-electron chi connectivity index (χ0n) is 17.4. The number of amides is 1. The van der Waals surface area contributed by atoms with Gasteiger partial charge in [-0.25, -0.2) is 9.97 Å². The number of hydrogen-bond donors (Lipinski definition) is 1. The molecule has 0 radical (unpaired) electrons. The molecule has 0 spiro atoms. The van der Waals surface area contributed by atoms with Crippen molar-refractivity contribution in [1.82, 2.24) is 15.3 Å². The smallest absolute Gasteiger partial charge is 0.251 e. The maximum atomic E-state index is 12.0. The van der Waals surface area contributed by atoms with Crippen LogP contribution >= 0.6 is 11.8 Å². The summed E-state index contributed by atoms with van der Waals surface area (Å²) in [6, 6.07) is 7.65. The highest BCUT2D eigenvalue weighted by Gasteiger charge is 2.12. The number of carbonyl (C=O) groups excluding carboxylic acids is 1. The van der Waals surface area contributed by atoms with Crippen LogP contribution in [0.4, 0.5) is 5.82 Å². The van der Waals surface area contributed by atoms with Crippen LogP contribution in [0, 0.1) is 13.8 Å². The molecule has 0 saturated heterocycles. The molecule has 1 aromatic heterocycles. The number of carbonyl (C=O) groups is 1. The van der Waals surface area contributed by atoms with Crippen LogP contribution in [0.15, 0.2) is 29.4 Å². The average molecular weight is 403 g/mol. The van der Waals surface area contributed by atoms with Crippen LogP contribution in [-0.4, -0.2) is 49.7 Å². The molecule has 0 bridgehead atoms. The molecule has 1 N–H and O–H groups in total. The Kier molecular flexibility index (Phi) is 8.73. The summed E-state index contributed by atoms with van der Waals surface area (Å²) in [6.07, 6.45) is 1.08. The average Bonchev–Trinajstić information content (AvgIpc) is 2.69. The summed E-state index contributed by atoms with van der Waals surface area (Å²) in [5.74, 6) is 1.67. The molecule has 0 fully saturated rings. The first-order valence-corrected chi connectivity index (χ1v) is 10.5. The van der Waals surface area contributed by atoms with Crippen molar-refractivity contribution in [2.45, 2.75) is 38.1 Å². The predicted octanol–water partition coefficient (Wildman–Crippen LogP) is 3.61. The van der Waals surface area contributed by atoms with Gasteiger partial charge in [0, 0.05) is 49.8 Å². The van der Waals surface area contributed by atoms with E-state index >= 15 is 0 Å². The molecule has 152 valence electrons. The van der Waals surface area contributed by atoms with Crippen molar-refractivity contribution in [3.63, 3.8) is 0 Å². The first-order chi connectivity index (χ1) is 13.5. The van der Waals surface area contributed by atoms with Gasteiger partial charge >= 0.3 is 0 Å². The lowest BCUT2D eigenvalue weighted by atomic mass is 10.1. The fourth-order valence-electron chi connectivity index (χ4n) is 2.73. The van der Waals surface area contributed by atoms with E-state index in [1.165, 1.54) is 0 Å². The number of ether oxygens (including phenoxy) is 1. The van der Waals surface area contributed by atoms with Crippen LogP contribution in [-0.2, 0) is 10.5 Å². The summed E-state index contributed by atoms with van der Waals surface area (Å²) in [7, 11) is 3.69. The van der Waals surface area contributed by atoms with Gasteiger partial charge in [-0.15, -0.1) is 0 Å². The molecule has 2 aromatic rings. The number of nitrogens with zero attached hydrogens (tertiary/aromatic N) is 3. The van der Waals surface area contributed by atoms with Crippen molar-refractivity contribution in [2.24, 2.45) is 0 Å². The van der Waals surface area contributed by atoms with E-state index < -0.39 is 0 Å². The maximum absolute atomic E-state index is 12.0. The van der Waals surface area contributed by atoms with Crippen LogP contribution in [0.5, 0.6) is 0 Å². The van der Waals surface area contributed by atoms with Crippen LogP contribution in [0.1, 0.15) is 40.5 Å². The SMILES string of the molecule is CCCN(C)c1nc(SCc2ccc(C(=O)NCCOC)cc2)nc(C)c1C. The molecule has 0 atom stereocenters. The van der Waals surface area contributed by atoms with Crippen molar-refractivity contribution < 1.29 is 9.53 Å². The predicted molar refractivity (Wildman–Crippen MR) is 115 cm³/mol. The van der Waals surface area contributed by atoms with E-state index in [-0.39, 0.29) is 5.91 Å². The Morgan fingerprint density at radius 2 is 1.93 bits per heavy atom. The molecule has 1 aromatic carbocycles. The van der Waals surface area contributed by atoms with Gasteiger partial charge in [-0.3, -0.25) is 4.79 Å². The van der Waals surface area contributed by atoms with Crippen LogP contribution < -0.4 is 10.2 Å². The third kappa shape index (κ3) is 6.21. The summed E-state index contributed by atoms with van der Waals surface area (Å²) < 4.78 is 4.94. The molecular formula is C21H30N4O2S. The Hall–Kier alpha value is -2.12. The topological polar surface area (TPSA) is 67.4 Å². The third-order valence-corrected chi connectivity index (χ3v) is 5.36. The normalized spacial score (nSPS) is 10.8. The zero-order chi connectivity index (χ0) is 20.5. The van der Waals surface area contributed by atoms with Crippen molar-refractivity contribution in [1.29, 1.82) is 0 Å². The summed E-state index contributed by atoms with van der Waals surface area (Å²) in [5.41, 5.74) is 3.92. The molecule has 0 unspecified atom stereocenters. The Labute approximate surface area is 172 Å². The maximum Gasteiger partial charge on any atom is 0.251 e. The summed E-state index contributed by atoms with van der Waals surface area (Å²) in [4.78, 5) is 23.6. The first kappa shape index (κ1) is 22.2. The van der Waals surface area contributed by atoms with Crippen LogP contribution in [0.3, 0.4) is 0 Å². The highest BCUT2D eigenvalue weighted by Crippen LogP contribution is 2.25. The second-order valence-corrected chi connectivity index (χ2v) is 7.64. The third-order valence-electron chi connectivity index (χ3n) is 4.44. The molecule has 1 amide bonds. The van der Waals surface area contributed by atoms with Gasteiger partial charge in [0.25, 0.3) is 5.91 Å². The van der Waals surface area contributed by atoms with Gasteiger partial charge in [0.2, 0.25) is 0 Å². The van der Waals surface area contributed by atoms with Gasteiger partial charge in [0.15, 0.2) is 5.16 Å². The molecule has 7 heteroatoms. The Bertz CT molecular complexity index is 781. The quantitative estimate of drug-likeness (QED) is 0.372. The number of aryl methyl sites for hydroxylation is 1. The number of methoxy groups -OCH3 is 1. The van der Waals surface area contributed by atoms with Crippen molar-refractivity contribution in [3.8, 4) is 0 Å². The van der Waals surface area contributed by atoms with Crippen molar-refractivity contribution in [3.05, 3.63) is 46.6 Å². The minimum atomic E-state index is -0.0858. The Morgan fingerprint density at radius 1 is 1.21 bits per heavy atom. The van der Waals surface area contributed by atoms with Crippen LogP contribution in [0.25, 0.3) is 0 Å². The molecule has 1 heterocycles. The number of rotatable bonds is 10. The van der Waals surface area contributed by atoms with Crippen molar-refractivity contribution in [2.75, 3.05) is 38.8 Å². The van der Waals surface area contributed by atoms with Gasteiger partial charge in [0.1, 0.15) is 5.82 Å². The largest absolute Gasteiger partial charge is 0.383 e. The zero-order valence-corrected chi connectivity index (χ0v) is 18.2. The second-order valence-electron chi connectivity index (χ2n) is 6.70. The van der Waals surface area contributed by atoms with Crippen LogP contribution in [0.2, 0.25) is 0 Å². The number of aromatic nitrogens is 2. The highest BCUT2D eigenvalue weighted by atomic mass is 32.2. The summed E-state index contributed by atoms with van der Waals surface area (Å²) in [6.45, 7) is 8.24. The molecule has 28 heavy (non-hydrogen) atoms. The van der Waals surface area contributed by atoms with E-state index in [0.29, 0.717) is 18.7 Å².